The van der Waals surface area contributed by atoms with Crippen LogP contribution in [0.25, 0.3) is 0 Å². The van der Waals surface area contributed by atoms with Gasteiger partial charge in [0.15, 0.2) is 5.96 Å². The summed E-state index contributed by atoms with van der Waals surface area (Å²) in [5, 5.41) is 6.42. The van der Waals surface area contributed by atoms with E-state index in [0.717, 1.165) is 11.3 Å². The minimum atomic E-state index is -2.91. The van der Waals surface area contributed by atoms with Crippen LogP contribution in [-0.2, 0) is 6.54 Å². The van der Waals surface area contributed by atoms with E-state index < -0.39 is 6.61 Å². The second-order valence-corrected chi connectivity index (χ2v) is 6.91. The van der Waals surface area contributed by atoms with E-state index in [9.17, 15) is 8.78 Å². The second-order valence-electron chi connectivity index (χ2n) is 6.91. The summed E-state index contributed by atoms with van der Waals surface area (Å²) in [4.78, 5) is 6.31. The molecule has 0 aliphatic rings. The molecule has 2 rings (SSSR count). The molecule has 1 unspecified atom stereocenters. The summed E-state index contributed by atoms with van der Waals surface area (Å²) in [5.74, 6) is 1.95. The number of hydrogen-bond donors (Lipinski definition) is 2. The molecule has 2 aromatic rings. The van der Waals surface area contributed by atoms with Crippen LogP contribution in [0.2, 0.25) is 0 Å². The zero-order valence-electron chi connectivity index (χ0n) is 18.9. The van der Waals surface area contributed by atoms with Gasteiger partial charge in [0.25, 0.3) is 0 Å². The van der Waals surface area contributed by atoms with Crippen molar-refractivity contribution in [1.29, 1.82) is 0 Å². The number of nitrogens with one attached hydrogen (secondary N) is 2. The van der Waals surface area contributed by atoms with Gasteiger partial charge >= 0.3 is 6.61 Å². The van der Waals surface area contributed by atoms with Gasteiger partial charge in [0.1, 0.15) is 17.2 Å². The normalized spacial score (nSPS) is 12.2. The number of rotatable bonds is 10. The average Bonchev–Trinajstić information content (AvgIpc) is 2.76. The minimum Gasteiger partial charge on any atom is -0.497 e. The van der Waals surface area contributed by atoms with E-state index in [1.807, 2.05) is 38.4 Å². The van der Waals surface area contributed by atoms with Crippen molar-refractivity contribution >= 4 is 29.9 Å². The van der Waals surface area contributed by atoms with Crippen molar-refractivity contribution in [3.63, 3.8) is 0 Å². The molecule has 2 aromatic carbocycles. The number of methoxy groups -OCH3 is 2. The van der Waals surface area contributed by atoms with Crippen molar-refractivity contribution in [2.75, 3.05) is 41.9 Å². The van der Waals surface area contributed by atoms with Gasteiger partial charge in [0.05, 0.1) is 20.3 Å². The van der Waals surface area contributed by atoms with E-state index in [1.54, 1.807) is 26.3 Å². The minimum absolute atomic E-state index is 0. The van der Waals surface area contributed by atoms with E-state index in [2.05, 4.69) is 25.3 Å². The number of ether oxygens (including phenoxy) is 3. The fourth-order valence-corrected chi connectivity index (χ4v) is 3.07. The molecule has 0 bridgehead atoms. The summed E-state index contributed by atoms with van der Waals surface area (Å²) in [6.45, 7) is -2.11. The van der Waals surface area contributed by atoms with Crippen molar-refractivity contribution in [2.24, 2.45) is 4.99 Å². The highest BCUT2D eigenvalue weighted by molar-refractivity contribution is 14.0. The molecule has 0 amide bonds. The second kappa shape index (κ2) is 13.9. The highest BCUT2D eigenvalue weighted by Crippen LogP contribution is 2.26. The lowest BCUT2D eigenvalue weighted by atomic mass is 10.1. The summed E-state index contributed by atoms with van der Waals surface area (Å²) < 4.78 is 40.6. The zero-order chi connectivity index (χ0) is 22.8. The molecule has 1 atom stereocenters. The van der Waals surface area contributed by atoms with Crippen LogP contribution in [0.5, 0.6) is 17.2 Å². The first-order chi connectivity index (χ1) is 14.9. The molecule has 0 saturated carbocycles. The summed E-state index contributed by atoms with van der Waals surface area (Å²) in [6.07, 6.45) is 0. The molecule has 178 valence electrons. The first-order valence-corrected chi connectivity index (χ1v) is 9.74. The van der Waals surface area contributed by atoms with Gasteiger partial charge in [-0.05, 0) is 50.0 Å². The van der Waals surface area contributed by atoms with Crippen molar-refractivity contribution < 1.29 is 23.0 Å². The smallest absolute Gasteiger partial charge is 0.387 e. The molecule has 2 N–H and O–H groups in total. The fourth-order valence-electron chi connectivity index (χ4n) is 3.07. The predicted octanol–water partition coefficient (Wildman–Crippen LogP) is 3.89. The largest absolute Gasteiger partial charge is 0.497 e. The van der Waals surface area contributed by atoms with Crippen LogP contribution >= 0.6 is 24.0 Å². The number of halogens is 3. The van der Waals surface area contributed by atoms with Crippen molar-refractivity contribution in [3.05, 3.63) is 53.6 Å². The number of hydrogen-bond acceptors (Lipinski definition) is 5. The summed E-state index contributed by atoms with van der Waals surface area (Å²) in [6, 6.07) is 12.6. The molecular weight excluding hydrogens is 533 g/mol. The van der Waals surface area contributed by atoms with Crippen LogP contribution in [-0.4, -0.2) is 59.4 Å². The number of likely N-dealkylation sites (N-methyl/N-ethyl adjacent to an activating group) is 1. The topological polar surface area (TPSA) is 67.4 Å². The van der Waals surface area contributed by atoms with Crippen LogP contribution in [0.15, 0.2) is 47.5 Å². The maximum Gasteiger partial charge on any atom is 0.387 e. The van der Waals surface area contributed by atoms with E-state index in [0.29, 0.717) is 23.8 Å². The Morgan fingerprint density at radius 2 is 1.72 bits per heavy atom. The van der Waals surface area contributed by atoms with Crippen LogP contribution in [0.1, 0.15) is 17.2 Å². The number of alkyl halides is 2. The number of nitrogens with zero attached hydrogens (tertiary/aromatic N) is 2. The highest BCUT2D eigenvalue weighted by atomic mass is 127. The number of aliphatic imine (C=N–C) groups is 1. The molecule has 32 heavy (non-hydrogen) atoms. The number of benzene rings is 2. The maximum absolute atomic E-state index is 12.7. The van der Waals surface area contributed by atoms with Gasteiger partial charge in [-0.1, -0.05) is 12.1 Å². The lowest BCUT2D eigenvalue weighted by molar-refractivity contribution is -0.0505. The summed E-state index contributed by atoms with van der Waals surface area (Å²) in [5.41, 5.74) is 1.62. The Morgan fingerprint density at radius 3 is 2.31 bits per heavy atom. The van der Waals surface area contributed by atoms with Gasteiger partial charge in [-0.2, -0.15) is 8.78 Å². The predicted molar refractivity (Wildman–Crippen MR) is 133 cm³/mol. The average molecular weight is 564 g/mol. The van der Waals surface area contributed by atoms with E-state index in [1.165, 1.54) is 13.2 Å². The molecule has 0 radical (unpaired) electrons. The third-order valence-corrected chi connectivity index (χ3v) is 4.72. The highest BCUT2D eigenvalue weighted by Gasteiger charge is 2.16. The first kappa shape index (κ1) is 27.7. The molecule has 0 aliphatic carbocycles. The lowest BCUT2D eigenvalue weighted by Gasteiger charge is -2.26. The summed E-state index contributed by atoms with van der Waals surface area (Å²) in [7, 11) is 8.78. The van der Waals surface area contributed by atoms with Crippen LogP contribution in [0.3, 0.4) is 0 Å². The fraction of sp³-hybridized carbons (Fsp3) is 0.409. The van der Waals surface area contributed by atoms with Gasteiger partial charge in [-0.15, -0.1) is 24.0 Å². The van der Waals surface area contributed by atoms with Crippen molar-refractivity contribution in [2.45, 2.75) is 19.2 Å². The third-order valence-electron chi connectivity index (χ3n) is 4.72. The Kier molecular flexibility index (Phi) is 12.1. The van der Waals surface area contributed by atoms with E-state index in [-0.39, 0.29) is 42.3 Å². The Labute approximate surface area is 205 Å². The maximum atomic E-state index is 12.7. The van der Waals surface area contributed by atoms with Gasteiger partial charge in [0.2, 0.25) is 0 Å². The standard InChI is InChI=1S/C22H30F2N4O3.HI/c1-25-22(26-13-16-12-18(30-5)9-10-20(16)31-21(23)24)27-14-19(28(2)3)15-7-6-8-17(11-15)29-4;/h6-12,19,21H,13-14H2,1-5H3,(H2,25,26,27);1H. The molecule has 0 saturated heterocycles. The van der Waals surface area contributed by atoms with Crippen LogP contribution in [0, 0.1) is 0 Å². The Morgan fingerprint density at radius 1 is 1.03 bits per heavy atom. The molecule has 0 heterocycles. The number of guanidine groups is 1. The van der Waals surface area contributed by atoms with Gasteiger partial charge in [-0.25, -0.2) is 0 Å². The molecule has 7 nitrogen and oxygen atoms in total. The monoisotopic (exact) mass is 564 g/mol. The Bertz CT molecular complexity index is 869. The van der Waals surface area contributed by atoms with Crippen molar-refractivity contribution in [3.8, 4) is 17.2 Å². The van der Waals surface area contributed by atoms with Gasteiger partial charge in [0, 0.05) is 25.7 Å². The SMILES string of the molecule is CN=C(NCc1cc(OC)ccc1OC(F)F)NCC(c1cccc(OC)c1)N(C)C.I. The summed E-state index contributed by atoms with van der Waals surface area (Å²) >= 11 is 0. The van der Waals surface area contributed by atoms with Crippen LogP contribution in [0.4, 0.5) is 8.78 Å². The van der Waals surface area contributed by atoms with Crippen LogP contribution < -0.4 is 24.8 Å². The van der Waals surface area contributed by atoms with Gasteiger partial charge < -0.3 is 29.7 Å². The Hall–Kier alpha value is -2.34. The Balaban J connectivity index is 0.00000512. The lowest BCUT2D eigenvalue weighted by Crippen LogP contribution is -2.41. The molecule has 10 heteroatoms. The molecule has 0 spiro atoms. The first-order valence-electron chi connectivity index (χ1n) is 9.74. The van der Waals surface area contributed by atoms with E-state index >= 15 is 0 Å². The quantitative estimate of drug-likeness (QED) is 0.260. The van der Waals surface area contributed by atoms with Crippen molar-refractivity contribution in [1.82, 2.24) is 15.5 Å². The molecule has 0 aliphatic heterocycles. The third kappa shape index (κ3) is 8.30. The molecule has 0 fully saturated rings. The van der Waals surface area contributed by atoms with Gasteiger partial charge in [-0.3, -0.25) is 4.99 Å². The molecule has 0 aromatic heterocycles. The zero-order valence-corrected chi connectivity index (χ0v) is 21.2. The molecular formula is C22H31F2IN4O3. The van der Waals surface area contributed by atoms with E-state index in [4.69, 9.17) is 9.47 Å².